The zero-order chi connectivity index (χ0) is 21.2. The van der Waals surface area contributed by atoms with Crippen LogP contribution in [0.3, 0.4) is 0 Å². The topological polar surface area (TPSA) is 67.4 Å². The summed E-state index contributed by atoms with van der Waals surface area (Å²) >= 11 is 6.35. The molecule has 0 aliphatic carbocycles. The van der Waals surface area contributed by atoms with E-state index in [2.05, 4.69) is 34.4 Å². The lowest BCUT2D eigenvalue weighted by atomic mass is 10.2. The molecule has 0 saturated carbocycles. The largest absolute Gasteiger partial charge is 0.493 e. The molecule has 1 fully saturated rings. The zero-order valence-electron chi connectivity index (χ0n) is 18.3. The fraction of sp³-hybridized carbons (Fsp3) is 0.667. The van der Waals surface area contributed by atoms with Crippen molar-refractivity contribution in [2.24, 2.45) is 10.9 Å². The van der Waals surface area contributed by atoms with Gasteiger partial charge >= 0.3 is 0 Å². The minimum Gasteiger partial charge on any atom is -0.493 e. The fourth-order valence-electron chi connectivity index (χ4n) is 3.36. The molecule has 2 N–H and O–H groups in total. The van der Waals surface area contributed by atoms with Crippen LogP contribution in [0.25, 0.3) is 0 Å². The van der Waals surface area contributed by atoms with Gasteiger partial charge in [-0.05, 0) is 30.5 Å². The summed E-state index contributed by atoms with van der Waals surface area (Å²) in [5.74, 6) is 2.58. The number of nitrogens with one attached hydrogen (secondary N) is 2. The Morgan fingerprint density at radius 2 is 2.17 bits per heavy atom. The molecule has 1 unspecified atom stereocenters. The number of hydrogen-bond acceptors (Lipinski definition) is 5. The Kier molecular flexibility index (Phi) is 9.84. The number of benzene rings is 1. The van der Waals surface area contributed by atoms with Crippen LogP contribution in [0.4, 0.5) is 0 Å². The van der Waals surface area contributed by atoms with Gasteiger partial charge in [-0.1, -0.05) is 25.4 Å². The highest BCUT2D eigenvalue weighted by molar-refractivity contribution is 6.32. The van der Waals surface area contributed by atoms with Crippen LogP contribution in [0.2, 0.25) is 5.02 Å². The number of nitrogens with zero attached hydrogens (tertiary/aromatic N) is 2. The first-order valence-electron chi connectivity index (χ1n) is 10.2. The Morgan fingerprint density at radius 1 is 1.38 bits per heavy atom. The Bertz CT molecular complexity index is 670. The van der Waals surface area contributed by atoms with Gasteiger partial charge in [0.1, 0.15) is 0 Å². The molecular formula is C21H35ClN4O3. The van der Waals surface area contributed by atoms with Gasteiger partial charge < -0.3 is 24.8 Å². The summed E-state index contributed by atoms with van der Waals surface area (Å²) in [6.07, 6.45) is 0.154. The van der Waals surface area contributed by atoms with Gasteiger partial charge in [-0.25, -0.2) is 0 Å². The van der Waals surface area contributed by atoms with Crippen molar-refractivity contribution >= 4 is 17.6 Å². The first kappa shape index (κ1) is 23.6. The SMILES string of the molecule is CCOc1c(Cl)cc(CNC(=NC)NCC2CN(CC(C)C)CCO2)cc1OC. The monoisotopic (exact) mass is 426 g/mol. The lowest BCUT2D eigenvalue weighted by Gasteiger charge is -2.34. The lowest BCUT2D eigenvalue weighted by molar-refractivity contribution is -0.0284. The second-order valence-electron chi connectivity index (χ2n) is 7.49. The van der Waals surface area contributed by atoms with E-state index in [0.717, 1.165) is 37.8 Å². The third kappa shape index (κ3) is 7.57. The van der Waals surface area contributed by atoms with Gasteiger partial charge in [0.2, 0.25) is 0 Å². The second-order valence-corrected chi connectivity index (χ2v) is 7.90. The van der Waals surface area contributed by atoms with Crippen molar-refractivity contribution in [3.05, 3.63) is 22.7 Å². The molecule has 1 saturated heterocycles. The number of guanidine groups is 1. The van der Waals surface area contributed by atoms with Gasteiger partial charge in [-0.15, -0.1) is 0 Å². The summed E-state index contributed by atoms with van der Waals surface area (Å²) in [7, 11) is 3.37. The van der Waals surface area contributed by atoms with E-state index >= 15 is 0 Å². The van der Waals surface area contributed by atoms with Crippen molar-refractivity contribution in [3.63, 3.8) is 0 Å². The minimum absolute atomic E-state index is 0.154. The van der Waals surface area contributed by atoms with E-state index in [1.807, 2.05) is 19.1 Å². The molecule has 1 aliphatic rings. The van der Waals surface area contributed by atoms with E-state index < -0.39 is 0 Å². The highest BCUT2D eigenvalue weighted by Gasteiger charge is 2.21. The standard InChI is InChI=1S/C21H35ClN4O3/c1-6-28-20-18(22)9-16(10-19(20)27-5)11-24-21(23-4)25-12-17-14-26(7-8-29-17)13-15(2)3/h9-10,15,17H,6-8,11-14H2,1-5H3,(H2,23,24,25). The van der Waals surface area contributed by atoms with Crippen LogP contribution < -0.4 is 20.1 Å². The first-order valence-corrected chi connectivity index (χ1v) is 10.6. The van der Waals surface area contributed by atoms with E-state index in [-0.39, 0.29) is 6.10 Å². The highest BCUT2D eigenvalue weighted by atomic mass is 35.5. The van der Waals surface area contributed by atoms with Crippen LogP contribution in [0.5, 0.6) is 11.5 Å². The van der Waals surface area contributed by atoms with Crippen LogP contribution in [0, 0.1) is 5.92 Å². The average molecular weight is 427 g/mol. The van der Waals surface area contributed by atoms with Crippen molar-refractivity contribution in [1.29, 1.82) is 0 Å². The van der Waals surface area contributed by atoms with Crippen molar-refractivity contribution in [3.8, 4) is 11.5 Å². The van der Waals surface area contributed by atoms with E-state index in [9.17, 15) is 0 Å². The quantitative estimate of drug-likeness (QED) is 0.467. The van der Waals surface area contributed by atoms with E-state index in [1.54, 1.807) is 14.2 Å². The smallest absolute Gasteiger partial charge is 0.191 e. The maximum absolute atomic E-state index is 6.35. The lowest BCUT2D eigenvalue weighted by Crippen LogP contribution is -2.50. The number of hydrogen-bond donors (Lipinski definition) is 2. The van der Waals surface area contributed by atoms with Gasteiger partial charge in [0.05, 0.1) is 31.5 Å². The highest BCUT2D eigenvalue weighted by Crippen LogP contribution is 2.36. The van der Waals surface area contributed by atoms with Crippen LogP contribution in [-0.4, -0.2) is 70.5 Å². The number of rotatable bonds is 9. The molecule has 8 heteroatoms. The summed E-state index contributed by atoms with van der Waals surface area (Å²) < 4.78 is 16.9. The summed E-state index contributed by atoms with van der Waals surface area (Å²) in [6.45, 7) is 12.0. The summed E-state index contributed by atoms with van der Waals surface area (Å²) in [4.78, 5) is 6.77. The predicted octanol–water partition coefficient (Wildman–Crippen LogP) is 2.77. The third-order valence-electron chi connectivity index (χ3n) is 4.60. The Labute approximate surface area is 179 Å². The van der Waals surface area contributed by atoms with Gasteiger partial charge in [0.15, 0.2) is 17.5 Å². The van der Waals surface area contributed by atoms with Gasteiger partial charge in [0, 0.05) is 39.8 Å². The molecule has 1 aromatic carbocycles. The molecule has 1 aromatic rings. The molecule has 0 radical (unpaired) electrons. The van der Waals surface area contributed by atoms with E-state index in [4.69, 9.17) is 25.8 Å². The van der Waals surface area contributed by atoms with Gasteiger partial charge in [0.25, 0.3) is 0 Å². The van der Waals surface area contributed by atoms with Crippen LogP contribution >= 0.6 is 11.6 Å². The molecule has 0 aromatic heterocycles. The Balaban J connectivity index is 1.87. The van der Waals surface area contributed by atoms with Crippen molar-refractivity contribution in [1.82, 2.24) is 15.5 Å². The molecule has 1 heterocycles. The summed E-state index contributed by atoms with van der Waals surface area (Å²) in [5, 5.41) is 7.20. The number of halogens is 1. The van der Waals surface area contributed by atoms with E-state index in [1.165, 1.54) is 0 Å². The second kappa shape index (κ2) is 12.1. The normalized spacial score (nSPS) is 18.0. The van der Waals surface area contributed by atoms with Gasteiger partial charge in [-0.2, -0.15) is 0 Å². The minimum atomic E-state index is 0.154. The van der Waals surface area contributed by atoms with Crippen molar-refractivity contribution in [2.75, 3.05) is 53.6 Å². The predicted molar refractivity (Wildman–Crippen MR) is 118 cm³/mol. The molecule has 164 valence electrons. The molecule has 0 bridgehead atoms. The molecule has 2 rings (SSSR count). The zero-order valence-corrected chi connectivity index (χ0v) is 19.0. The third-order valence-corrected chi connectivity index (χ3v) is 4.89. The molecule has 29 heavy (non-hydrogen) atoms. The molecule has 1 aliphatic heterocycles. The Morgan fingerprint density at radius 3 is 2.83 bits per heavy atom. The Hall–Kier alpha value is -1.70. The fourth-order valence-corrected chi connectivity index (χ4v) is 3.65. The van der Waals surface area contributed by atoms with E-state index in [0.29, 0.717) is 42.1 Å². The average Bonchev–Trinajstić information content (AvgIpc) is 2.69. The summed E-state index contributed by atoms with van der Waals surface area (Å²) in [6, 6.07) is 3.80. The maximum atomic E-state index is 6.35. The van der Waals surface area contributed by atoms with Crippen LogP contribution in [0.15, 0.2) is 17.1 Å². The number of ether oxygens (including phenoxy) is 3. The number of morpholine rings is 1. The van der Waals surface area contributed by atoms with Crippen molar-refractivity contribution in [2.45, 2.75) is 33.4 Å². The maximum Gasteiger partial charge on any atom is 0.191 e. The molecule has 0 spiro atoms. The number of aliphatic imine (C=N–C) groups is 1. The van der Waals surface area contributed by atoms with Gasteiger partial charge in [-0.3, -0.25) is 9.89 Å². The molecule has 0 amide bonds. The number of methoxy groups -OCH3 is 1. The first-order chi connectivity index (χ1) is 14.0. The van der Waals surface area contributed by atoms with Crippen LogP contribution in [-0.2, 0) is 11.3 Å². The molecule has 7 nitrogen and oxygen atoms in total. The van der Waals surface area contributed by atoms with Crippen LogP contribution in [0.1, 0.15) is 26.3 Å². The van der Waals surface area contributed by atoms with Crippen molar-refractivity contribution < 1.29 is 14.2 Å². The molecule has 1 atom stereocenters. The summed E-state index contributed by atoms with van der Waals surface area (Å²) in [5.41, 5.74) is 0.982. The molecular weight excluding hydrogens is 392 g/mol.